The number of para-hydroxylation sites is 1. The fourth-order valence-electron chi connectivity index (χ4n) is 3.62. The first-order chi connectivity index (χ1) is 13.5. The number of hydrogen-bond acceptors (Lipinski definition) is 3. The Balaban J connectivity index is 1.82. The summed E-state index contributed by atoms with van der Waals surface area (Å²) in [5, 5.41) is 0. The fourth-order valence-corrected chi connectivity index (χ4v) is 3.62. The summed E-state index contributed by atoms with van der Waals surface area (Å²) in [7, 11) is 0. The van der Waals surface area contributed by atoms with E-state index in [1.54, 1.807) is 17.0 Å². The molecule has 0 saturated carbocycles. The summed E-state index contributed by atoms with van der Waals surface area (Å²) < 4.78 is 1.02. The van der Waals surface area contributed by atoms with Crippen molar-refractivity contribution < 1.29 is 4.79 Å². The van der Waals surface area contributed by atoms with Crippen molar-refractivity contribution in [3.8, 4) is 5.69 Å². The van der Waals surface area contributed by atoms with Crippen LogP contribution in [0.1, 0.15) is 33.5 Å². The Kier molecular flexibility index (Phi) is 4.47. The van der Waals surface area contributed by atoms with Crippen molar-refractivity contribution in [3.63, 3.8) is 0 Å². The normalized spacial score (nSPS) is 13.3. The molecule has 0 saturated heterocycles. The van der Waals surface area contributed by atoms with Crippen LogP contribution in [-0.4, -0.2) is 22.0 Å². The van der Waals surface area contributed by atoms with Gasteiger partial charge in [0.25, 0.3) is 11.5 Å². The molecular formula is C22H21N3O3. The molecule has 0 atom stereocenters. The van der Waals surface area contributed by atoms with Gasteiger partial charge in [-0.1, -0.05) is 24.3 Å². The Bertz CT molecular complexity index is 1190. The van der Waals surface area contributed by atoms with Gasteiger partial charge in [-0.25, -0.2) is 9.36 Å². The maximum absolute atomic E-state index is 13.2. The maximum Gasteiger partial charge on any atom is 0.333 e. The molecule has 1 N–H and O–H groups in total. The van der Waals surface area contributed by atoms with Crippen LogP contribution in [0.5, 0.6) is 0 Å². The summed E-state index contributed by atoms with van der Waals surface area (Å²) in [6.45, 7) is 4.41. The highest BCUT2D eigenvalue weighted by Crippen LogP contribution is 2.27. The zero-order valence-corrected chi connectivity index (χ0v) is 15.9. The van der Waals surface area contributed by atoms with Gasteiger partial charge in [0, 0.05) is 18.4 Å². The summed E-state index contributed by atoms with van der Waals surface area (Å²) in [5.41, 5.74) is 3.15. The molecule has 4 rings (SSSR count). The molecule has 0 spiro atoms. The average Bonchev–Trinajstić information content (AvgIpc) is 2.70. The molecule has 0 bridgehead atoms. The molecule has 0 unspecified atom stereocenters. The number of anilines is 1. The predicted octanol–water partition coefficient (Wildman–Crippen LogP) is 2.74. The van der Waals surface area contributed by atoms with Gasteiger partial charge in [-0.05, 0) is 61.6 Å². The lowest BCUT2D eigenvalue weighted by Gasteiger charge is -2.29. The van der Waals surface area contributed by atoms with Gasteiger partial charge >= 0.3 is 5.69 Å². The second kappa shape index (κ2) is 6.96. The van der Waals surface area contributed by atoms with Crippen LogP contribution < -0.4 is 16.1 Å². The smallest absolute Gasteiger partial charge is 0.313 e. The number of carbonyl (C=O) groups is 1. The van der Waals surface area contributed by atoms with Crippen LogP contribution in [0.15, 0.2) is 58.3 Å². The van der Waals surface area contributed by atoms with Crippen molar-refractivity contribution in [2.75, 3.05) is 11.4 Å². The van der Waals surface area contributed by atoms with Gasteiger partial charge in [0.05, 0.1) is 5.69 Å². The lowest BCUT2D eigenvalue weighted by atomic mass is 10.0. The van der Waals surface area contributed by atoms with E-state index in [-0.39, 0.29) is 5.56 Å². The molecule has 1 aromatic heterocycles. The van der Waals surface area contributed by atoms with E-state index in [0.29, 0.717) is 12.2 Å². The first-order valence-electron chi connectivity index (χ1n) is 9.29. The van der Waals surface area contributed by atoms with Gasteiger partial charge in [-0.15, -0.1) is 0 Å². The zero-order chi connectivity index (χ0) is 19.8. The minimum absolute atomic E-state index is 0.0467. The number of nitrogens with one attached hydrogen (secondary N) is 1. The van der Waals surface area contributed by atoms with Crippen LogP contribution in [0.4, 0.5) is 5.69 Å². The molecule has 6 nitrogen and oxygen atoms in total. The zero-order valence-electron chi connectivity index (χ0n) is 15.9. The van der Waals surface area contributed by atoms with Gasteiger partial charge in [-0.3, -0.25) is 9.59 Å². The van der Waals surface area contributed by atoms with E-state index in [4.69, 9.17) is 0 Å². The highest BCUT2D eigenvalue weighted by atomic mass is 16.2. The van der Waals surface area contributed by atoms with Crippen molar-refractivity contribution in [2.24, 2.45) is 0 Å². The molecule has 2 aromatic carbocycles. The Morgan fingerprint density at radius 1 is 1.04 bits per heavy atom. The van der Waals surface area contributed by atoms with Crippen LogP contribution in [0.2, 0.25) is 0 Å². The number of fused-ring (bicyclic) bond motifs is 1. The lowest BCUT2D eigenvalue weighted by Crippen LogP contribution is -2.43. The highest BCUT2D eigenvalue weighted by Gasteiger charge is 2.26. The maximum atomic E-state index is 13.2. The van der Waals surface area contributed by atoms with E-state index in [0.717, 1.165) is 39.8 Å². The summed E-state index contributed by atoms with van der Waals surface area (Å²) in [4.78, 5) is 42.8. The van der Waals surface area contributed by atoms with Crippen LogP contribution in [-0.2, 0) is 6.42 Å². The number of hydrogen-bond donors (Lipinski definition) is 1. The van der Waals surface area contributed by atoms with Crippen LogP contribution in [0, 0.1) is 13.8 Å². The third-order valence-corrected chi connectivity index (χ3v) is 5.31. The summed E-state index contributed by atoms with van der Waals surface area (Å²) in [6, 6.07) is 13.0. The SMILES string of the molecule is Cc1ccc(-n2c(=O)[nH]cc(C(=O)N3CCCc4ccccc43)c2=O)cc1C. The molecule has 2 heterocycles. The van der Waals surface area contributed by atoms with Crippen LogP contribution in [0.25, 0.3) is 5.69 Å². The minimum atomic E-state index is -0.611. The number of amides is 1. The summed E-state index contributed by atoms with van der Waals surface area (Å²) >= 11 is 0. The van der Waals surface area contributed by atoms with E-state index >= 15 is 0 Å². The molecule has 1 amide bonds. The van der Waals surface area contributed by atoms with Gasteiger partial charge < -0.3 is 9.88 Å². The molecule has 0 aliphatic carbocycles. The number of aromatic amines is 1. The largest absolute Gasteiger partial charge is 0.333 e. The van der Waals surface area contributed by atoms with Gasteiger partial charge in [0.2, 0.25) is 0 Å². The van der Waals surface area contributed by atoms with E-state index in [1.807, 2.05) is 44.2 Å². The number of benzene rings is 2. The van der Waals surface area contributed by atoms with Gasteiger partial charge in [-0.2, -0.15) is 0 Å². The van der Waals surface area contributed by atoms with Crippen molar-refractivity contribution >= 4 is 11.6 Å². The molecule has 0 radical (unpaired) electrons. The number of carbonyl (C=O) groups excluding carboxylic acids is 1. The molecule has 1 aliphatic rings. The van der Waals surface area contributed by atoms with Gasteiger partial charge in [0.1, 0.15) is 5.56 Å². The second-order valence-electron chi connectivity index (χ2n) is 7.11. The highest BCUT2D eigenvalue weighted by molar-refractivity contribution is 6.06. The first-order valence-corrected chi connectivity index (χ1v) is 9.29. The molecule has 1 aliphatic heterocycles. The van der Waals surface area contributed by atoms with E-state index in [1.165, 1.54) is 6.20 Å². The number of H-pyrrole nitrogens is 1. The third kappa shape index (κ3) is 2.97. The Morgan fingerprint density at radius 2 is 1.82 bits per heavy atom. The summed E-state index contributed by atoms with van der Waals surface area (Å²) in [5.74, 6) is -0.397. The van der Waals surface area contributed by atoms with Crippen LogP contribution in [0.3, 0.4) is 0 Å². The van der Waals surface area contributed by atoms with E-state index < -0.39 is 17.2 Å². The van der Waals surface area contributed by atoms with Crippen molar-refractivity contribution in [1.82, 2.24) is 9.55 Å². The van der Waals surface area contributed by atoms with E-state index in [2.05, 4.69) is 4.98 Å². The number of nitrogens with zero attached hydrogens (tertiary/aromatic N) is 2. The number of rotatable bonds is 2. The molecule has 3 aromatic rings. The molecule has 28 heavy (non-hydrogen) atoms. The lowest BCUT2D eigenvalue weighted by molar-refractivity contribution is 0.0983. The van der Waals surface area contributed by atoms with Crippen molar-refractivity contribution in [2.45, 2.75) is 26.7 Å². The monoisotopic (exact) mass is 375 g/mol. The third-order valence-electron chi connectivity index (χ3n) is 5.31. The topological polar surface area (TPSA) is 75.2 Å². The van der Waals surface area contributed by atoms with E-state index in [9.17, 15) is 14.4 Å². The molecule has 6 heteroatoms. The fraction of sp³-hybridized carbons (Fsp3) is 0.227. The number of aromatic nitrogens is 2. The molecular weight excluding hydrogens is 354 g/mol. The van der Waals surface area contributed by atoms with Crippen LogP contribution >= 0.6 is 0 Å². The average molecular weight is 375 g/mol. The molecule has 0 fully saturated rings. The quantitative estimate of drug-likeness (QED) is 0.748. The van der Waals surface area contributed by atoms with Gasteiger partial charge in [0.15, 0.2) is 0 Å². The predicted molar refractivity (Wildman–Crippen MR) is 109 cm³/mol. The van der Waals surface area contributed by atoms with Crippen molar-refractivity contribution in [1.29, 1.82) is 0 Å². The standard InChI is InChI=1S/C22H21N3O3/c1-14-9-10-17(12-15(14)2)25-21(27)18(13-23-22(25)28)20(26)24-11-5-7-16-6-3-4-8-19(16)24/h3-4,6,8-10,12-13H,5,7,11H2,1-2H3,(H,23,28). The molecule has 142 valence electrons. The number of aryl methyl sites for hydroxylation is 3. The Labute approximate surface area is 162 Å². The summed E-state index contributed by atoms with van der Waals surface area (Å²) in [6.07, 6.45) is 2.96. The Morgan fingerprint density at radius 3 is 2.61 bits per heavy atom. The first kappa shape index (κ1) is 18.0. The Hall–Kier alpha value is -3.41. The second-order valence-corrected chi connectivity index (χ2v) is 7.11. The van der Waals surface area contributed by atoms with Crippen molar-refractivity contribution in [3.05, 3.63) is 91.8 Å². The minimum Gasteiger partial charge on any atom is -0.313 e.